The topological polar surface area (TPSA) is 52.1 Å². The van der Waals surface area contributed by atoms with E-state index in [2.05, 4.69) is 9.97 Å². The molecule has 1 heterocycles. The molecular weight excluding hydrogens is 192 g/mol. The van der Waals surface area contributed by atoms with E-state index in [1.54, 1.807) is 18.5 Å². The van der Waals surface area contributed by atoms with Gasteiger partial charge in [-0.1, -0.05) is 6.92 Å². The predicted octanol–water partition coefficient (Wildman–Crippen LogP) is 1.61. The maximum absolute atomic E-state index is 11.5. The van der Waals surface area contributed by atoms with Crippen LogP contribution >= 0.6 is 0 Å². The van der Waals surface area contributed by atoms with Crippen LogP contribution in [0.15, 0.2) is 18.5 Å². The van der Waals surface area contributed by atoms with Gasteiger partial charge in [0.25, 0.3) is 0 Å². The Bertz CT molecular complexity index is 312. The molecule has 0 bridgehead atoms. The lowest BCUT2D eigenvalue weighted by Gasteiger charge is -2.12. The Morgan fingerprint density at radius 1 is 1.33 bits per heavy atom. The fourth-order valence-corrected chi connectivity index (χ4v) is 1.14. The van der Waals surface area contributed by atoms with Crippen molar-refractivity contribution in [1.29, 1.82) is 0 Å². The third-order valence-corrected chi connectivity index (χ3v) is 1.86. The normalized spacial score (nSPS) is 12.5. The van der Waals surface area contributed by atoms with Gasteiger partial charge in [0, 0.05) is 18.8 Å². The number of hydrogen-bond acceptors (Lipinski definition) is 4. The minimum Gasteiger partial charge on any atom is -0.463 e. The van der Waals surface area contributed by atoms with Crippen molar-refractivity contribution in [3.8, 4) is 0 Å². The van der Waals surface area contributed by atoms with Gasteiger partial charge in [0.2, 0.25) is 0 Å². The van der Waals surface area contributed by atoms with Gasteiger partial charge in [-0.2, -0.15) is 0 Å². The van der Waals surface area contributed by atoms with Gasteiger partial charge in [-0.15, -0.1) is 0 Å². The maximum Gasteiger partial charge on any atom is 0.309 e. The third kappa shape index (κ3) is 4.06. The standard InChI is InChI=1S/C11H16N2O2/c1-8(2)15-11(14)9(3)7-10-12-5-4-6-13-10/h4-6,8-9H,7H2,1-3H3/t9-/m1/s1. The second kappa shape index (κ2) is 5.44. The number of hydrogen-bond donors (Lipinski definition) is 0. The summed E-state index contributed by atoms with van der Waals surface area (Å²) in [5.74, 6) is 0.276. The molecule has 0 spiro atoms. The summed E-state index contributed by atoms with van der Waals surface area (Å²) in [6.45, 7) is 5.49. The van der Waals surface area contributed by atoms with E-state index < -0.39 is 0 Å². The van der Waals surface area contributed by atoms with Crippen LogP contribution in [0, 0.1) is 5.92 Å². The first-order valence-electron chi connectivity index (χ1n) is 5.06. The molecule has 1 rings (SSSR count). The van der Waals surface area contributed by atoms with Crippen molar-refractivity contribution in [1.82, 2.24) is 9.97 Å². The average Bonchev–Trinajstić information content (AvgIpc) is 2.18. The second-order valence-corrected chi connectivity index (χ2v) is 3.76. The maximum atomic E-state index is 11.5. The van der Waals surface area contributed by atoms with E-state index in [1.165, 1.54) is 0 Å². The van der Waals surface area contributed by atoms with Gasteiger partial charge in [-0.25, -0.2) is 9.97 Å². The van der Waals surface area contributed by atoms with Gasteiger partial charge in [-0.3, -0.25) is 4.79 Å². The number of carbonyl (C=O) groups excluding carboxylic acids is 1. The Hall–Kier alpha value is -1.45. The summed E-state index contributed by atoms with van der Waals surface area (Å²) < 4.78 is 5.09. The minimum absolute atomic E-state index is 0.0726. The van der Waals surface area contributed by atoms with Gasteiger partial charge in [0.05, 0.1) is 12.0 Å². The summed E-state index contributed by atoms with van der Waals surface area (Å²) in [5.41, 5.74) is 0. The Morgan fingerprint density at radius 3 is 2.47 bits per heavy atom. The number of aromatic nitrogens is 2. The lowest BCUT2D eigenvalue weighted by molar-refractivity contribution is -0.151. The molecule has 1 aromatic rings. The van der Waals surface area contributed by atoms with Crippen molar-refractivity contribution in [3.05, 3.63) is 24.3 Å². The van der Waals surface area contributed by atoms with Crippen molar-refractivity contribution >= 4 is 5.97 Å². The number of nitrogens with zero attached hydrogens (tertiary/aromatic N) is 2. The van der Waals surface area contributed by atoms with Crippen molar-refractivity contribution < 1.29 is 9.53 Å². The fourth-order valence-electron chi connectivity index (χ4n) is 1.14. The first kappa shape index (κ1) is 11.6. The van der Waals surface area contributed by atoms with E-state index in [-0.39, 0.29) is 18.0 Å². The van der Waals surface area contributed by atoms with Crippen molar-refractivity contribution in [3.63, 3.8) is 0 Å². The molecule has 0 unspecified atom stereocenters. The molecule has 0 N–H and O–H groups in total. The zero-order valence-corrected chi connectivity index (χ0v) is 9.30. The van der Waals surface area contributed by atoms with E-state index in [0.29, 0.717) is 12.2 Å². The minimum atomic E-state index is -0.199. The molecule has 0 amide bonds. The molecule has 4 nitrogen and oxygen atoms in total. The highest BCUT2D eigenvalue weighted by molar-refractivity contribution is 5.72. The van der Waals surface area contributed by atoms with Crippen LogP contribution in [-0.2, 0) is 16.0 Å². The SMILES string of the molecule is CC(C)OC(=O)[C@H](C)Cc1ncccn1. The summed E-state index contributed by atoms with van der Waals surface area (Å²) in [5, 5.41) is 0. The fraction of sp³-hybridized carbons (Fsp3) is 0.545. The summed E-state index contributed by atoms with van der Waals surface area (Å²) in [6.07, 6.45) is 3.79. The molecule has 82 valence electrons. The monoisotopic (exact) mass is 208 g/mol. The van der Waals surface area contributed by atoms with Gasteiger partial charge in [-0.05, 0) is 19.9 Å². The summed E-state index contributed by atoms with van der Waals surface area (Å²) in [7, 11) is 0. The molecule has 0 aromatic carbocycles. The van der Waals surface area contributed by atoms with Crippen LogP contribution in [0.3, 0.4) is 0 Å². The van der Waals surface area contributed by atoms with Crippen LogP contribution in [0.2, 0.25) is 0 Å². The van der Waals surface area contributed by atoms with E-state index in [1.807, 2.05) is 20.8 Å². The number of rotatable bonds is 4. The highest BCUT2D eigenvalue weighted by Crippen LogP contribution is 2.07. The van der Waals surface area contributed by atoms with Crippen LogP contribution in [0.1, 0.15) is 26.6 Å². The average molecular weight is 208 g/mol. The Morgan fingerprint density at radius 2 is 1.93 bits per heavy atom. The molecule has 0 fully saturated rings. The smallest absolute Gasteiger partial charge is 0.309 e. The summed E-state index contributed by atoms with van der Waals surface area (Å²) in [6, 6.07) is 1.75. The second-order valence-electron chi connectivity index (χ2n) is 3.76. The summed E-state index contributed by atoms with van der Waals surface area (Å²) >= 11 is 0. The van der Waals surface area contributed by atoms with Crippen LogP contribution < -0.4 is 0 Å². The molecule has 1 atom stereocenters. The highest BCUT2D eigenvalue weighted by atomic mass is 16.5. The first-order valence-corrected chi connectivity index (χ1v) is 5.06. The highest BCUT2D eigenvalue weighted by Gasteiger charge is 2.17. The predicted molar refractivity (Wildman–Crippen MR) is 56.1 cm³/mol. The van der Waals surface area contributed by atoms with Gasteiger partial charge >= 0.3 is 5.97 Å². The molecule has 0 saturated heterocycles. The molecular formula is C11H16N2O2. The Kier molecular flexibility index (Phi) is 4.21. The van der Waals surface area contributed by atoms with Crippen molar-refractivity contribution in [2.24, 2.45) is 5.92 Å². The van der Waals surface area contributed by atoms with E-state index >= 15 is 0 Å². The summed E-state index contributed by atoms with van der Waals surface area (Å²) in [4.78, 5) is 19.6. The molecule has 0 saturated carbocycles. The van der Waals surface area contributed by atoms with Gasteiger partial charge < -0.3 is 4.74 Å². The quantitative estimate of drug-likeness (QED) is 0.705. The third-order valence-electron chi connectivity index (χ3n) is 1.86. The van der Waals surface area contributed by atoms with Crippen LogP contribution in [0.4, 0.5) is 0 Å². The van der Waals surface area contributed by atoms with Gasteiger partial charge in [0.1, 0.15) is 5.82 Å². The molecule has 4 heteroatoms. The molecule has 0 aliphatic heterocycles. The number of carbonyl (C=O) groups is 1. The van der Waals surface area contributed by atoms with E-state index in [9.17, 15) is 4.79 Å². The molecule has 0 aliphatic rings. The zero-order chi connectivity index (χ0) is 11.3. The number of ether oxygens (including phenoxy) is 1. The molecule has 0 aliphatic carbocycles. The Balaban J connectivity index is 2.49. The molecule has 1 aromatic heterocycles. The van der Waals surface area contributed by atoms with Crippen molar-refractivity contribution in [2.45, 2.75) is 33.3 Å². The number of esters is 1. The van der Waals surface area contributed by atoms with Crippen LogP contribution in [0.25, 0.3) is 0 Å². The molecule has 0 radical (unpaired) electrons. The van der Waals surface area contributed by atoms with Gasteiger partial charge in [0.15, 0.2) is 0 Å². The van der Waals surface area contributed by atoms with E-state index in [4.69, 9.17) is 4.74 Å². The lowest BCUT2D eigenvalue weighted by Crippen LogP contribution is -2.21. The van der Waals surface area contributed by atoms with Crippen LogP contribution in [-0.4, -0.2) is 22.0 Å². The lowest BCUT2D eigenvalue weighted by atomic mass is 10.1. The molecule has 15 heavy (non-hydrogen) atoms. The van der Waals surface area contributed by atoms with Crippen molar-refractivity contribution in [2.75, 3.05) is 0 Å². The first-order chi connectivity index (χ1) is 7.09. The van der Waals surface area contributed by atoms with Crippen LogP contribution in [0.5, 0.6) is 0 Å². The zero-order valence-electron chi connectivity index (χ0n) is 9.30. The Labute approximate surface area is 89.7 Å². The van der Waals surface area contributed by atoms with E-state index in [0.717, 1.165) is 0 Å². The largest absolute Gasteiger partial charge is 0.463 e.